The van der Waals surface area contributed by atoms with E-state index in [2.05, 4.69) is 9.84 Å². The van der Waals surface area contributed by atoms with Gasteiger partial charge in [0, 0.05) is 6.20 Å². The van der Waals surface area contributed by atoms with Crippen molar-refractivity contribution in [2.75, 3.05) is 14.2 Å². The fourth-order valence-corrected chi connectivity index (χ4v) is 1.70. The van der Waals surface area contributed by atoms with E-state index >= 15 is 0 Å². The minimum atomic E-state index is -0.476. The van der Waals surface area contributed by atoms with Crippen molar-refractivity contribution < 1.29 is 14.3 Å². The Morgan fingerprint density at radius 2 is 2.25 bits per heavy atom. The molecule has 2 aromatic heterocycles. The van der Waals surface area contributed by atoms with Crippen LogP contribution in [0.1, 0.15) is 10.4 Å². The van der Waals surface area contributed by atoms with Crippen LogP contribution >= 0.6 is 11.6 Å². The van der Waals surface area contributed by atoms with Gasteiger partial charge in [0.25, 0.3) is 0 Å². The summed E-state index contributed by atoms with van der Waals surface area (Å²) >= 11 is 5.96. The number of aromatic nitrogens is 2. The van der Waals surface area contributed by atoms with Crippen molar-refractivity contribution in [3.8, 4) is 5.75 Å². The molecule has 0 bridgehead atoms. The number of nitrogens with zero attached hydrogens (tertiary/aromatic N) is 2. The van der Waals surface area contributed by atoms with Gasteiger partial charge in [-0.3, -0.25) is 0 Å². The molecule has 16 heavy (non-hydrogen) atoms. The highest BCUT2D eigenvalue weighted by Gasteiger charge is 2.18. The first kappa shape index (κ1) is 10.8. The van der Waals surface area contributed by atoms with Crippen molar-refractivity contribution >= 4 is 23.1 Å². The molecule has 0 saturated heterocycles. The largest absolute Gasteiger partial charge is 0.493 e. The Balaban J connectivity index is 2.77. The van der Waals surface area contributed by atoms with E-state index in [4.69, 9.17) is 16.3 Å². The molecule has 0 aliphatic carbocycles. The van der Waals surface area contributed by atoms with Crippen LogP contribution in [0.2, 0.25) is 5.02 Å². The number of halogens is 1. The van der Waals surface area contributed by atoms with Gasteiger partial charge in [0.1, 0.15) is 11.1 Å². The summed E-state index contributed by atoms with van der Waals surface area (Å²) in [5, 5.41) is 4.43. The minimum absolute atomic E-state index is 0.321. The van der Waals surface area contributed by atoms with Gasteiger partial charge >= 0.3 is 5.97 Å². The summed E-state index contributed by atoms with van der Waals surface area (Å²) in [7, 11) is 2.79. The predicted octanol–water partition coefficient (Wildman–Crippen LogP) is 1.78. The number of ether oxygens (including phenoxy) is 2. The zero-order valence-electron chi connectivity index (χ0n) is 8.73. The first-order chi connectivity index (χ1) is 7.69. The molecule has 0 aliphatic heterocycles. The van der Waals surface area contributed by atoms with E-state index in [0.29, 0.717) is 21.9 Å². The lowest BCUT2D eigenvalue weighted by molar-refractivity contribution is 0.0602. The molecular formula is C10H9ClN2O3. The van der Waals surface area contributed by atoms with Gasteiger partial charge in [0.2, 0.25) is 0 Å². The van der Waals surface area contributed by atoms with E-state index in [1.807, 2.05) is 0 Å². The maximum absolute atomic E-state index is 11.5. The summed E-state index contributed by atoms with van der Waals surface area (Å²) in [6.45, 7) is 0. The third kappa shape index (κ3) is 1.49. The highest BCUT2D eigenvalue weighted by molar-refractivity contribution is 6.32. The Kier molecular flexibility index (Phi) is 2.70. The molecule has 0 atom stereocenters. The second-order valence-electron chi connectivity index (χ2n) is 3.04. The normalized spacial score (nSPS) is 10.4. The smallest absolute Gasteiger partial charge is 0.341 e. The van der Waals surface area contributed by atoms with Gasteiger partial charge in [0.05, 0.1) is 25.4 Å². The van der Waals surface area contributed by atoms with Crippen LogP contribution in [0.15, 0.2) is 18.5 Å². The molecule has 0 N–H and O–H groups in total. The second-order valence-corrected chi connectivity index (χ2v) is 3.45. The van der Waals surface area contributed by atoms with Gasteiger partial charge in [0.15, 0.2) is 5.75 Å². The number of carbonyl (C=O) groups is 1. The van der Waals surface area contributed by atoms with E-state index in [0.717, 1.165) is 0 Å². The van der Waals surface area contributed by atoms with Crippen LogP contribution < -0.4 is 4.74 Å². The van der Waals surface area contributed by atoms with E-state index in [1.165, 1.54) is 24.9 Å². The van der Waals surface area contributed by atoms with E-state index in [-0.39, 0.29) is 0 Å². The van der Waals surface area contributed by atoms with Crippen LogP contribution in [0.3, 0.4) is 0 Å². The van der Waals surface area contributed by atoms with Crippen molar-refractivity contribution in [3.05, 3.63) is 29.0 Å². The first-order valence-corrected chi connectivity index (χ1v) is 4.85. The molecule has 0 unspecified atom stereocenters. The van der Waals surface area contributed by atoms with Gasteiger partial charge in [-0.05, 0) is 6.07 Å². The Labute approximate surface area is 96.5 Å². The van der Waals surface area contributed by atoms with E-state index in [9.17, 15) is 4.79 Å². The Hall–Kier alpha value is -1.75. The molecular weight excluding hydrogens is 232 g/mol. The predicted molar refractivity (Wildman–Crippen MR) is 58.1 cm³/mol. The standard InChI is InChI=1S/C10H9ClN2O3/c1-15-9-7(11)3-4-13-8(9)6(5-12-13)10(14)16-2/h3-5H,1-2H3. The lowest BCUT2D eigenvalue weighted by atomic mass is 10.2. The third-order valence-electron chi connectivity index (χ3n) is 2.20. The van der Waals surface area contributed by atoms with Crippen molar-refractivity contribution in [3.63, 3.8) is 0 Å². The lowest BCUT2D eigenvalue weighted by Crippen LogP contribution is -2.02. The van der Waals surface area contributed by atoms with Gasteiger partial charge < -0.3 is 9.47 Å². The summed E-state index contributed by atoms with van der Waals surface area (Å²) < 4.78 is 11.3. The molecule has 0 spiro atoms. The molecule has 0 fully saturated rings. The van der Waals surface area contributed by atoms with E-state index in [1.54, 1.807) is 12.3 Å². The molecule has 6 heteroatoms. The number of hydrogen-bond acceptors (Lipinski definition) is 4. The third-order valence-corrected chi connectivity index (χ3v) is 2.50. The van der Waals surface area contributed by atoms with Gasteiger partial charge in [-0.25, -0.2) is 9.31 Å². The maximum Gasteiger partial charge on any atom is 0.341 e. The highest BCUT2D eigenvalue weighted by atomic mass is 35.5. The summed E-state index contributed by atoms with van der Waals surface area (Å²) in [5.74, 6) is -0.0716. The van der Waals surface area contributed by atoms with Crippen LogP contribution in [0.25, 0.3) is 5.52 Å². The molecule has 84 valence electrons. The zero-order valence-corrected chi connectivity index (χ0v) is 9.49. The number of pyridine rings is 1. The van der Waals surface area contributed by atoms with Crippen LogP contribution in [-0.2, 0) is 4.74 Å². The molecule has 0 saturated carbocycles. The van der Waals surface area contributed by atoms with Gasteiger partial charge in [-0.15, -0.1) is 0 Å². The molecule has 5 nitrogen and oxygen atoms in total. The van der Waals surface area contributed by atoms with Crippen molar-refractivity contribution in [2.24, 2.45) is 0 Å². The van der Waals surface area contributed by atoms with Crippen LogP contribution in [0.4, 0.5) is 0 Å². The highest BCUT2D eigenvalue weighted by Crippen LogP contribution is 2.31. The summed E-state index contributed by atoms with van der Waals surface area (Å²) in [6, 6.07) is 1.64. The Morgan fingerprint density at radius 3 is 2.88 bits per heavy atom. The van der Waals surface area contributed by atoms with Crippen LogP contribution in [-0.4, -0.2) is 29.8 Å². The molecule has 0 aliphatic rings. The summed E-state index contributed by atoms with van der Waals surface area (Å²) in [5.41, 5.74) is 0.823. The number of methoxy groups -OCH3 is 2. The van der Waals surface area contributed by atoms with Crippen molar-refractivity contribution in [2.45, 2.75) is 0 Å². The van der Waals surface area contributed by atoms with Crippen molar-refractivity contribution in [1.29, 1.82) is 0 Å². The summed E-state index contributed by atoms with van der Waals surface area (Å²) in [4.78, 5) is 11.5. The number of hydrogen-bond donors (Lipinski definition) is 0. The van der Waals surface area contributed by atoms with Crippen LogP contribution in [0, 0.1) is 0 Å². The Bertz CT molecular complexity index is 550. The monoisotopic (exact) mass is 240 g/mol. The number of carbonyl (C=O) groups excluding carboxylic acids is 1. The topological polar surface area (TPSA) is 52.8 Å². The first-order valence-electron chi connectivity index (χ1n) is 4.47. The summed E-state index contributed by atoms with van der Waals surface area (Å²) in [6.07, 6.45) is 3.06. The number of esters is 1. The SMILES string of the molecule is COC(=O)c1cnn2ccc(Cl)c(OC)c12. The van der Waals surface area contributed by atoms with E-state index < -0.39 is 5.97 Å². The number of rotatable bonds is 2. The molecule has 0 radical (unpaired) electrons. The fourth-order valence-electron chi connectivity index (χ4n) is 1.48. The average molecular weight is 241 g/mol. The molecule has 0 amide bonds. The Morgan fingerprint density at radius 1 is 1.50 bits per heavy atom. The minimum Gasteiger partial charge on any atom is -0.493 e. The quantitative estimate of drug-likeness (QED) is 0.751. The average Bonchev–Trinajstić information content (AvgIpc) is 2.72. The molecule has 2 heterocycles. The fraction of sp³-hybridized carbons (Fsp3) is 0.200. The van der Waals surface area contributed by atoms with Gasteiger partial charge in [-0.1, -0.05) is 11.6 Å². The molecule has 0 aromatic carbocycles. The van der Waals surface area contributed by atoms with Gasteiger partial charge in [-0.2, -0.15) is 5.10 Å². The second kappa shape index (κ2) is 4.02. The lowest BCUT2D eigenvalue weighted by Gasteiger charge is -2.06. The maximum atomic E-state index is 11.5. The number of fused-ring (bicyclic) bond motifs is 1. The molecule has 2 aromatic rings. The molecule has 2 rings (SSSR count). The van der Waals surface area contributed by atoms with Crippen LogP contribution in [0.5, 0.6) is 5.75 Å². The zero-order chi connectivity index (χ0) is 11.7. The van der Waals surface area contributed by atoms with Crippen molar-refractivity contribution in [1.82, 2.24) is 9.61 Å².